The number of unbranched alkanes of at least 4 members (excludes halogenated alkanes) is 17. The molecule has 0 aliphatic heterocycles. The van der Waals surface area contributed by atoms with Crippen LogP contribution in [0, 0.1) is 5.92 Å². The molecule has 1 N–H and O–H groups in total. The summed E-state index contributed by atoms with van der Waals surface area (Å²) < 4.78 is 35.4. The Kier molecular flexibility index (Phi) is 22.5. The van der Waals surface area contributed by atoms with Gasteiger partial charge in [0, 0.05) is 5.92 Å². The van der Waals surface area contributed by atoms with Gasteiger partial charge in [-0.3, -0.25) is 4.55 Å². The minimum absolute atomic E-state index is 0.0455. The first-order valence-corrected chi connectivity index (χ1v) is 14.6. The maximum atomic E-state index is 10.9. The second kappa shape index (κ2) is 22.8. The summed E-state index contributed by atoms with van der Waals surface area (Å²) in [6, 6.07) is 0. The highest BCUT2D eigenvalue weighted by atomic mass is 32.3. The maximum Gasteiger partial charge on any atom is 0.397 e. The molecule has 0 aromatic carbocycles. The van der Waals surface area contributed by atoms with Gasteiger partial charge in [0.1, 0.15) is 0 Å². The average molecular weight is 461 g/mol. The van der Waals surface area contributed by atoms with E-state index in [4.69, 9.17) is 4.55 Å². The van der Waals surface area contributed by atoms with E-state index in [1.807, 2.05) is 0 Å². The average Bonchev–Trinajstić information content (AvgIpc) is 2.73. The van der Waals surface area contributed by atoms with Crippen LogP contribution in [0.2, 0.25) is 0 Å². The van der Waals surface area contributed by atoms with Gasteiger partial charge >= 0.3 is 10.4 Å². The van der Waals surface area contributed by atoms with Crippen molar-refractivity contribution >= 4 is 10.4 Å². The summed E-state index contributed by atoms with van der Waals surface area (Å²) >= 11 is 0. The molecule has 0 radical (unpaired) electrons. The van der Waals surface area contributed by atoms with E-state index in [0.29, 0.717) is 0 Å². The number of hydrogen-bond acceptors (Lipinski definition) is 3. The van der Waals surface area contributed by atoms with Crippen molar-refractivity contribution in [1.29, 1.82) is 0 Å². The van der Waals surface area contributed by atoms with Gasteiger partial charge in [0.2, 0.25) is 0 Å². The predicted octanol–water partition coefficient (Wildman–Crippen LogP) is 8.82. The molecular formula is C26H52O4S. The number of rotatable bonds is 24. The summed E-state index contributed by atoms with van der Waals surface area (Å²) in [6.45, 7) is 4.54. The van der Waals surface area contributed by atoms with Gasteiger partial charge < -0.3 is 0 Å². The van der Waals surface area contributed by atoms with Gasteiger partial charge in [-0.15, -0.1) is 0 Å². The first-order chi connectivity index (χ1) is 15.0. The Balaban J connectivity index is 3.85. The van der Waals surface area contributed by atoms with Crippen molar-refractivity contribution in [2.45, 2.75) is 142 Å². The molecule has 0 rings (SSSR count). The fourth-order valence-corrected chi connectivity index (χ4v) is 4.33. The van der Waals surface area contributed by atoms with E-state index < -0.39 is 10.4 Å². The third-order valence-corrected chi connectivity index (χ3v) is 6.43. The lowest BCUT2D eigenvalue weighted by Crippen LogP contribution is -2.12. The van der Waals surface area contributed by atoms with Crippen molar-refractivity contribution in [2.75, 3.05) is 6.61 Å². The molecule has 0 aromatic rings. The predicted molar refractivity (Wildman–Crippen MR) is 134 cm³/mol. The van der Waals surface area contributed by atoms with Crippen molar-refractivity contribution in [3.05, 3.63) is 12.2 Å². The molecule has 0 aliphatic carbocycles. The lowest BCUT2D eigenvalue weighted by Gasteiger charge is -2.12. The monoisotopic (exact) mass is 460 g/mol. The topological polar surface area (TPSA) is 63.6 Å². The second-order valence-corrected chi connectivity index (χ2v) is 10.2. The van der Waals surface area contributed by atoms with Gasteiger partial charge in [0.25, 0.3) is 0 Å². The van der Waals surface area contributed by atoms with Crippen LogP contribution >= 0.6 is 0 Å². The highest BCUT2D eigenvalue weighted by Gasteiger charge is 2.11. The summed E-state index contributed by atoms with van der Waals surface area (Å²) in [4.78, 5) is 0. The summed E-state index contributed by atoms with van der Waals surface area (Å²) in [6.07, 6.45) is 29.6. The van der Waals surface area contributed by atoms with E-state index in [1.165, 1.54) is 109 Å². The Morgan fingerprint density at radius 2 is 1.10 bits per heavy atom. The van der Waals surface area contributed by atoms with Crippen LogP contribution in [0.5, 0.6) is 0 Å². The molecule has 0 fully saturated rings. The summed E-state index contributed by atoms with van der Waals surface area (Å²) in [5.74, 6) is 0.0603. The van der Waals surface area contributed by atoms with Crippen molar-refractivity contribution in [2.24, 2.45) is 5.92 Å². The largest absolute Gasteiger partial charge is 0.397 e. The SMILES string of the molecule is CCCCCCCC/C=C/C(CCCCCCCCCCCCCC)COS(=O)(=O)O. The molecule has 5 heteroatoms. The van der Waals surface area contributed by atoms with Crippen LogP contribution < -0.4 is 0 Å². The molecule has 0 bridgehead atoms. The van der Waals surface area contributed by atoms with Crippen LogP contribution in [0.25, 0.3) is 0 Å². The molecule has 0 saturated carbocycles. The normalized spacial score (nSPS) is 13.3. The van der Waals surface area contributed by atoms with Crippen LogP contribution in [0.3, 0.4) is 0 Å². The van der Waals surface area contributed by atoms with Crippen LogP contribution in [-0.2, 0) is 14.6 Å². The molecule has 0 aliphatic rings. The Hall–Kier alpha value is -0.390. The zero-order valence-corrected chi connectivity index (χ0v) is 21.5. The highest BCUT2D eigenvalue weighted by Crippen LogP contribution is 2.17. The Morgan fingerprint density at radius 3 is 1.55 bits per heavy atom. The standard InChI is InChI=1S/C26H52O4S/c1-3-5-7-9-11-13-14-15-16-18-20-22-24-26(25-30-31(27,28)29)23-21-19-17-12-10-8-6-4-2/h21,23,26H,3-20,22,24-25H2,1-2H3,(H,27,28,29)/b23-21+. The molecule has 1 atom stereocenters. The van der Waals surface area contributed by atoms with Crippen LogP contribution in [0.4, 0.5) is 0 Å². The first-order valence-electron chi connectivity index (χ1n) is 13.3. The molecule has 0 amide bonds. The Morgan fingerprint density at radius 1 is 0.677 bits per heavy atom. The van der Waals surface area contributed by atoms with Gasteiger partial charge in [-0.05, 0) is 19.3 Å². The van der Waals surface area contributed by atoms with Gasteiger partial charge in [-0.2, -0.15) is 8.42 Å². The van der Waals surface area contributed by atoms with Crippen LogP contribution in [-0.4, -0.2) is 19.6 Å². The summed E-state index contributed by atoms with van der Waals surface area (Å²) in [5, 5.41) is 0. The van der Waals surface area contributed by atoms with Crippen molar-refractivity contribution in [3.8, 4) is 0 Å². The Labute approximate surface area is 194 Å². The van der Waals surface area contributed by atoms with Crippen molar-refractivity contribution < 1.29 is 17.2 Å². The fourth-order valence-electron chi connectivity index (χ4n) is 3.99. The van der Waals surface area contributed by atoms with E-state index in [1.54, 1.807) is 0 Å². The molecule has 186 valence electrons. The molecular weight excluding hydrogens is 408 g/mol. The quantitative estimate of drug-likeness (QED) is 0.0887. The fraction of sp³-hybridized carbons (Fsp3) is 0.923. The minimum atomic E-state index is -4.36. The van der Waals surface area contributed by atoms with E-state index in [9.17, 15) is 8.42 Å². The van der Waals surface area contributed by atoms with Crippen LogP contribution in [0.15, 0.2) is 12.2 Å². The smallest absolute Gasteiger partial charge is 0.264 e. The van der Waals surface area contributed by atoms with E-state index in [-0.39, 0.29) is 12.5 Å². The highest BCUT2D eigenvalue weighted by molar-refractivity contribution is 7.80. The molecule has 0 heterocycles. The Bertz CT molecular complexity index is 488. The molecule has 4 nitrogen and oxygen atoms in total. The number of hydrogen-bond donors (Lipinski definition) is 1. The lowest BCUT2D eigenvalue weighted by atomic mass is 9.99. The second-order valence-electron chi connectivity index (χ2n) is 9.13. The minimum Gasteiger partial charge on any atom is -0.264 e. The third kappa shape index (κ3) is 25.7. The summed E-state index contributed by atoms with van der Waals surface area (Å²) in [7, 11) is -4.36. The third-order valence-electron chi connectivity index (χ3n) is 5.99. The summed E-state index contributed by atoms with van der Waals surface area (Å²) in [5.41, 5.74) is 0. The molecule has 0 aromatic heterocycles. The van der Waals surface area contributed by atoms with E-state index in [2.05, 4.69) is 30.2 Å². The van der Waals surface area contributed by atoms with Crippen molar-refractivity contribution in [1.82, 2.24) is 0 Å². The van der Waals surface area contributed by atoms with E-state index in [0.717, 1.165) is 19.3 Å². The molecule has 0 saturated heterocycles. The van der Waals surface area contributed by atoms with Crippen molar-refractivity contribution in [3.63, 3.8) is 0 Å². The first kappa shape index (κ1) is 30.6. The van der Waals surface area contributed by atoms with Gasteiger partial charge in [0.15, 0.2) is 0 Å². The van der Waals surface area contributed by atoms with Crippen LogP contribution in [0.1, 0.15) is 142 Å². The van der Waals surface area contributed by atoms with E-state index >= 15 is 0 Å². The van der Waals surface area contributed by atoms with Gasteiger partial charge in [0.05, 0.1) is 6.61 Å². The van der Waals surface area contributed by atoms with Gasteiger partial charge in [-0.1, -0.05) is 135 Å². The number of allylic oxidation sites excluding steroid dienone is 1. The van der Waals surface area contributed by atoms with Gasteiger partial charge in [-0.25, -0.2) is 4.18 Å². The maximum absolute atomic E-state index is 10.9. The molecule has 31 heavy (non-hydrogen) atoms. The molecule has 0 spiro atoms. The zero-order valence-electron chi connectivity index (χ0n) is 20.7. The molecule has 1 unspecified atom stereocenters. The zero-order chi connectivity index (χ0) is 23.0. The lowest BCUT2D eigenvalue weighted by molar-refractivity contribution is 0.234.